The van der Waals surface area contributed by atoms with Gasteiger partial charge in [0.15, 0.2) is 0 Å². The van der Waals surface area contributed by atoms with Crippen molar-refractivity contribution in [2.45, 2.75) is 19.8 Å². The van der Waals surface area contributed by atoms with Gasteiger partial charge in [0.25, 0.3) is 5.91 Å². The van der Waals surface area contributed by atoms with Crippen LogP contribution in [0.1, 0.15) is 30.1 Å². The number of hydrogen-bond donors (Lipinski definition) is 1. The van der Waals surface area contributed by atoms with Crippen LogP contribution >= 0.6 is 15.9 Å². The van der Waals surface area contributed by atoms with Crippen molar-refractivity contribution in [1.29, 1.82) is 0 Å². The lowest BCUT2D eigenvalue weighted by atomic mass is 10.2. The van der Waals surface area contributed by atoms with Gasteiger partial charge in [-0.1, -0.05) is 19.4 Å². The molecule has 140 valence electrons. The Bertz CT molecular complexity index is 721. The van der Waals surface area contributed by atoms with Crippen LogP contribution < -0.4 is 14.8 Å². The quantitative estimate of drug-likeness (QED) is 0.553. The number of unbranched alkanes of at least 4 members (excludes halogenated alkanes) is 1. The van der Waals surface area contributed by atoms with E-state index in [9.17, 15) is 4.79 Å². The van der Waals surface area contributed by atoms with Crippen LogP contribution in [0.2, 0.25) is 0 Å². The Balaban J connectivity index is 1.98. The van der Waals surface area contributed by atoms with E-state index in [1.54, 1.807) is 25.3 Å². The molecule has 0 saturated heterocycles. The SMILES string of the molecule is CCCCOc1cccc(NC(=O)c2ccc(OCCOC)c(Br)c2)c1. The van der Waals surface area contributed by atoms with Gasteiger partial charge in [-0.2, -0.15) is 0 Å². The summed E-state index contributed by atoms with van der Waals surface area (Å²) in [5.41, 5.74) is 1.23. The van der Waals surface area contributed by atoms with Crippen molar-refractivity contribution in [3.8, 4) is 11.5 Å². The highest BCUT2D eigenvalue weighted by atomic mass is 79.9. The number of carbonyl (C=O) groups excluding carboxylic acids is 1. The molecule has 0 saturated carbocycles. The van der Waals surface area contributed by atoms with Gasteiger partial charge in [-0.05, 0) is 52.7 Å². The van der Waals surface area contributed by atoms with Crippen LogP contribution in [0.5, 0.6) is 11.5 Å². The Kier molecular flexibility index (Phi) is 8.44. The van der Waals surface area contributed by atoms with Gasteiger partial charge in [0.2, 0.25) is 0 Å². The molecule has 0 aliphatic heterocycles. The average molecular weight is 422 g/mol. The lowest BCUT2D eigenvalue weighted by molar-refractivity contribution is 0.102. The number of nitrogens with one attached hydrogen (secondary N) is 1. The monoisotopic (exact) mass is 421 g/mol. The summed E-state index contributed by atoms with van der Waals surface area (Å²) in [6.07, 6.45) is 2.08. The predicted molar refractivity (Wildman–Crippen MR) is 106 cm³/mol. The minimum absolute atomic E-state index is 0.195. The molecule has 1 amide bonds. The van der Waals surface area contributed by atoms with E-state index >= 15 is 0 Å². The first-order valence-corrected chi connectivity index (χ1v) is 9.39. The maximum Gasteiger partial charge on any atom is 0.255 e. The van der Waals surface area contributed by atoms with Gasteiger partial charge in [0.1, 0.15) is 18.1 Å². The molecule has 0 spiro atoms. The number of anilines is 1. The van der Waals surface area contributed by atoms with Gasteiger partial charge in [0, 0.05) is 24.4 Å². The zero-order valence-corrected chi connectivity index (χ0v) is 16.7. The smallest absolute Gasteiger partial charge is 0.255 e. The van der Waals surface area contributed by atoms with E-state index < -0.39 is 0 Å². The third kappa shape index (κ3) is 6.35. The fourth-order valence-electron chi connectivity index (χ4n) is 2.20. The normalized spacial score (nSPS) is 10.4. The minimum atomic E-state index is -0.195. The van der Waals surface area contributed by atoms with Gasteiger partial charge < -0.3 is 19.5 Å². The zero-order chi connectivity index (χ0) is 18.8. The molecule has 5 nitrogen and oxygen atoms in total. The van der Waals surface area contributed by atoms with Crippen LogP contribution in [-0.4, -0.2) is 32.8 Å². The topological polar surface area (TPSA) is 56.8 Å². The second-order valence-electron chi connectivity index (χ2n) is 5.67. The first-order valence-electron chi connectivity index (χ1n) is 8.59. The summed E-state index contributed by atoms with van der Waals surface area (Å²) in [5.74, 6) is 1.23. The molecule has 0 aliphatic rings. The molecule has 1 N–H and O–H groups in total. The third-order valence-corrected chi connectivity index (χ3v) is 4.22. The number of halogens is 1. The highest BCUT2D eigenvalue weighted by Crippen LogP contribution is 2.26. The van der Waals surface area contributed by atoms with E-state index in [0.717, 1.165) is 23.1 Å². The molecule has 26 heavy (non-hydrogen) atoms. The van der Waals surface area contributed by atoms with E-state index in [0.29, 0.717) is 36.8 Å². The Labute approximate surface area is 162 Å². The number of amides is 1. The van der Waals surface area contributed by atoms with Crippen LogP contribution in [0.3, 0.4) is 0 Å². The second-order valence-corrected chi connectivity index (χ2v) is 6.52. The molecule has 0 radical (unpaired) electrons. The van der Waals surface area contributed by atoms with Gasteiger partial charge in [-0.15, -0.1) is 0 Å². The molecule has 0 atom stereocenters. The molecule has 2 aromatic rings. The first-order chi connectivity index (χ1) is 12.6. The highest BCUT2D eigenvalue weighted by molar-refractivity contribution is 9.10. The average Bonchev–Trinajstić information content (AvgIpc) is 2.64. The number of methoxy groups -OCH3 is 1. The lowest BCUT2D eigenvalue weighted by Crippen LogP contribution is -2.12. The fourth-order valence-corrected chi connectivity index (χ4v) is 2.69. The number of benzene rings is 2. The van der Waals surface area contributed by atoms with Crippen LogP contribution in [0.25, 0.3) is 0 Å². The molecule has 0 bridgehead atoms. The molecule has 2 aromatic carbocycles. The molecule has 0 fully saturated rings. The summed E-state index contributed by atoms with van der Waals surface area (Å²) >= 11 is 3.43. The summed E-state index contributed by atoms with van der Waals surface area (Å²) in [4.78, 5) is 12.5. The predicted octanol–water partition coefficient (Wildman–Crippen LogP) is 4.91. The van der Waals surface area contributed by atoms with Crippen molar-refractivity contribution in [2.75, 3.05) is 32.2 Å². The van der Waals surface area contributed by atoms with Gasteiger partial charge in [-0.3, -0.25) is 4.79 Å². The van der Waals surface area contributed by atoms with Crippen LogP contribution in [0.4, 0.5) is 5.69 Å². The molecule has 0 aliphatic carbocycles. The van der Waals surface area contributed by atoms with Gasteiger partial charge in [-0.25, -0.2) is 0 Å². The fraction of sp³-hybridized carbons (Fsp3) is 0.350. The lowest BCUT2D eigenvalue weighted by Gasteiger charge is -2.11. The number of rotatable bonds is 10. The standard InChI is InChI=1S/C20H24BrNO4/c1-3-4-10-25-17-7-5-6-16(14-17)22-20(23)15-8-9-19(18(21)13-15)26-12-11-24-2/h5-9,13-14H,3-4,10-12H2,1-2H3,(H,22,23). The molecule has 6 heteroatoms. The second kappa shape index (κ2) is 10.8. The molecule has 0 heterocycles. The highest BCUT2D eigenvalue weighted by Gasteiger charge is 2.10. The summed E-state index contributed by atoms with van der Waals surface area (Å²) in [5, 5.41) is 2.89. The summed E-state index contributed by atoms with van der Waals surface area (Å²) < 4.78 is 16.9. The zero-order valence-electron chi connectivity index (χ0n) is 15.1. The van der Waals surface area contributed by atoms with Crippen molar-refractivity contribution >= 4 is 27.5 Å². The largest absolute Gasteiger partial charge is 0.494 e. The Morgan fingerprint density at radius 2 is 1.92 bits per heavy atom. The molecule has 0 unspecified atom stereocenters. The Hall–Kier alpha value is -2.05. The van der Waals surface area contributed by atoms with E-state index in [1.165, 1.54) is 0 Å². The van der Waals surface area contributed by atoms with Crippen LogP contribution in [0, 0.1) is 0 Å². The number of carbonyl (C=O) groups is 1. The maximum absolute atomic E-state index is 12.5. The van der Waals surface area contributed by atoms with Crippen molar-refractivity contribution in [3.05, 3.63) is 52.5 Å². The molecule has 0 aromatic heterocycles. The summed E-state index contributed by atoms with van der Waals surface area (Å²) in [7, 11) is 1.62. The van der Waals surface area contributed by atoms with Crippen molar-refractivity contribution < 1.29 is 19.0 Å². The van der Waals surface area contributed by atoms with Crippen LogP contribution in [-0.2, 0) is 4.74 Å². The third-order valence-electron chi connectivity index (χ3n) is 3.60. The summed E-state index contributed by atoms with van der Waals surface area (Å²) in [6.45, 7) is 3.74. The molecule has 2 rings (SSSR count). The van der Waals surface area contributed by atoms with Crippen LogP contribution in [0.15, 0.2) is 46.9 Å². The Morgan fingerprint density at radius 1 is 1.08 bits per heavy atom. The Morgan fingerprint density at radius 3 is 2.65 bits per heavy atom. The van der Waals surface area contributed by atoms with Crippen molar-refractivity contribution in [1.82, 2.24) is 0 Å². The minimum Gasteiger partial charge on any atom is -0.494 e. The van der Waals surface area contributed by atoms with Gasteiger partial charge in [0.05, 0.1) is 17.7 Å². The summed E-state index contributed by atoms with van der Waals surface area (Å²) in [6, 6.07) is 12.6. The van der Waals surface area contributed by atoms with E-state index in [4.69, 9.17) is 14.2 Å². The molecular formula is C20H24BrNO4. The maximum atomic E-state index is 12.5. The van der Waals surface area contributed by atoms with Crippen molar-refractivity contribution in [3.63, 3.8) is 0 Å². The van der Waals surface area contributed by atoms with Crippen molar-refractivity contribution in [2.24, 2.45) is 0 Å². The number of hydrogen-bond acceptors (Lipinski definition) is 4. The van der Waals surface area contributed by atoms with E-state index in [2.05, 4.69) is 28.2 Å². The molecular weight excluding hydrogens is 398 g/mol. The van der Waals surface area contributed by atoms with Gasteiger partial charge >= 0.3 is 0 Å². The first kappa shape index (κ1) is 20.3. The van der Waals surface area contributed by atoms with E-state index in [-0.39, 0.29) is 5.91 Å². The number of ether oxygens (including phenoxy) is 3. The van der Waals surface area contributed by atoms with E-state index in [1.807, 2.05) is 24.3 Å².